The van der Waals surface area contributed by atoms with E-state index in [0.29, 0.717) is 19.3 Å². The summed E-state index contributed by atoms with van der Waals surface area (Å²) in [6, 6.07) is 13.0. The van der Waals surface area contributed by atoms with Crippen LogP contribution in [0.2, 0.25) is 0 Å². The molecule has 0 saturated heterocycles. The predicted molar refractivity (Wildman–Crippen MR) is 112 cm³/mol. The molecule has 1 atom stereocenters. The summed E-state index contributed by atoms with van der Waals surface area (Å²) in [5, 5.41) is 12.5. The van der Waals surface area contributed by atoms with E-state index in [4.69, 9.17) is 5.73 Å². The Labute approximate surface area is 175 Å². The monoisotopic (exact) mass is 428 g/mol. The molecule has 2 N–H and O–H groups in total. The van der Waals surface area contributed by atoms with Gasteiger partial charge in [-0.3, -0.25) is 4.98 Å². The van der Waals surface area contributed by atoms with Crippen molar-refractivity contribution in [3.63, 3.8) is 0 Å². The fraction of sp³-hybridized carbons (Fsp3) is 0.227. The molecule has 2 aromatic carbocycles. The van der Waals surface area contributed by atoms with Gasteiger partial charge in [0.15, 0.2) is 0 Å². The lowest BCUT2D eigenvalue weighted by Gasteiger charge is -2.12. The van der Waals surface area contributed by atoms with E-state index in [1.54, 1.807) is 6.20 Å². The van der Waals surface area contributed by atoms with Crippen molar-refractivity contribution in [2.24, 2.45) is 5.73 Å². The van der Waals surface area contributed by atoms with E-state index < -0.39 is 11.7 Å². The lowest BCUT2D eigenvalue weighted by atomic mass is 10.0. The molecule has 4 rings (SSSR count). The summed E-state index contributed by atoms with van der Waals surface area (Å²) < 4.78 is 38.0. The van der Waals surface area contributed by atoms with Crippen molar-refractivity contribution in [3.8, 4) is 10.6 Å². The molecule has 0 saturated carbocycles. The standard InChI is InChI=1S/C22H19F3N4S/c23-22(24,25)18-5-1-14(2-6-18)11-19(26)7-8-20-28-29-21(30-20)16-3-4-17-13-27-10-9-15(17)12-16/h1-6,9-10,12-13,19H,7-8,11,26H2/t19-/m1/s1. The van der Waals surface area contributed by atoms with Gasteiger partial charge in [-0.1, -0.05) is 35.6 Å². The number of benzene rings is 2. The van der Waals surface area contributed by atoms with E-state index in [9.17, 15) is 13.2 Å². The topological polar surface area (TPSA) is 64.7 Å². The smallest absolute Gasteiger partial charge is 0.327 e. The predicted octanol–water partition coefficient (Wildman–Crippen LogP) is 5.27. The van der Waals surface area contributed by atoms with Crippen LogP contribution in [-0.4, -0.2) is 21.2 Å². The minimum Gasteiger partial charge on any atom is -0.327 e. The molecule has 154 valence electrons. The second-order valence-electron chi connectivity index (χ2n) is 7.14. The zero-order chi connectivity index (χ0) is 21.1. The number of aromatic nitrogens is 3. The first-order chi connectivity index (χ1) is 14.4. The minimum absolute atomic E-state index is 0.165. The number of hydrogen-bond donors (Lipinski definition) is 1. The summed E-state index contributed by atoms with van der Waals surface area (Å²) in [6.07, 6.45) is 1.13. The maximum atomic E-state index is 12.7. The maximum absolute atomic E-state index is 12.7. The van der Waals surface area contributed by atoms with Crippen molar-refractivity contribution < 1.29 is 13.2 Å². The highest BCUT2D eigenvalue weighted by Crippen LogP contribution is 2.30. The highest BCUT2D eigenvalue weighted by molar-refractivity contribution is 7.14. The van der Waals surface area contributed by atoms with Crippen LogP contribution in [0.3, 0.4) is 0 Å². The maximum Gasteiger partial charge on any atom is 0.416 e. The molecule has 0 aliphatic carbocycles. The number of rotatable bonds is 6. The third-order valence-electron chi connectivity index (χ3n) is 4.86. The highest BCUT2D eigenvalue weighted by atomic mass is 32.1. The van der Waals surface area contributed by atoms with Crippen LogP contribution in [-0.2, 0) is 19.0 Å². The van der Waals surface area contributed by atoms with Crippen LogP contribution in [0.15, 0.2) is 60.9 Å². The fourth-order valence-electron chi connectivity index (χ4n) is 3.23. The van der Waals surface area contributed by atoms with Gasteiger partial charge in [0.25, 0.3) is 0 Å². The Morgan fingerprint density at radius 1 is 0.967 bits per heavy atom. The number of fused-ring (bicyclic) bond motifs is 1. The zero-order valence-electron chi connectivity index (χ0n) is 15.9. The number of nitrogens with zero attached hydrogens (tertiary/aromatic N) is 3. The van der Waals surface area contributed by atoms with Gasteiger partial charge in [-0.15, -0.1) is 10.2 Å². The van der Waals surface area contributed by atoms with Gasteiger partial charge >= 0.3 is 6.18 Å². The Morgan fingerprint density at radius 2 is 1.77 bits per heavy atom. The van der Waals surface area contributed by atoms with Gasteiger partial charge in [-0.25, -0.2) is 0 Å². The first kappa shape index (κ1) is 20.4. The summed E-state index contributed by atoms with van der Waals surface area (Å²) in [5.41, 5.74) is 7.34. The quantitative estimate of drug-likeness (QED) is 0.454. The molecular formula is C22H19F3N4S. The molecule has 30 heavy (non-hydrogen) atoms. The van der Waals surface area contributed by atoms with Crippen molar-refractivity contribution in [1.29, 1.82) is 0 Å². The highest BCUT2D eigenvalue weighted by Gasteiger charge is 2.29. The largest absolute Gasteiger partial charge is 0.416 e. The van der Waals surface area contributed by atoms with Crippen LogP contribution in [0.1, 0.15) is 22.6 Å². The summed E-state index contributed by atoms with van der Waals surface area (Å²) in [6.45, 7) is 0. The first-order valence-corrected chi connectivity index (χ1v) is 10.3. The molecular weight excluding hydrogens is 409 g/mol. The number of aryl methyl sites for hydroxylation is 1. The molecule has 2 heterocycles. The molecule has 0 fully saturated rings. The van der Waals surface area contributed by atoms with Gasteiger partial charge in [-0.2, -0.15) is 13.2 Å². The van der Waals surface area contributed by atoms with Crippen LogP contribution < -0.4 is 5.73 Å². The first-order valence-electron chi connectivity index (χ1n) is 9.47. The SMILES string of the molecule is N[C@H](CCc1nnc(-c2ccc3cnccc3c2)s1)Cc1ccc(C(F)(F)F)cc1. The molecule has 0 radical (unpaired) electrons. The van der Waals surface area contributed by atoms with E-state index in [1.165, 1.54) is 23.5 Å². The molecule has 0 aliphatic heterocycles. The van der Waals surface area contributed by atoms with E-state index in [-0.39, 0.29) is 6.04 Å². The van der Waals surface area contributed by atoms with Crippen LogP contribution in [0.4, 0.5) is 13.2 Å². The van der Waals surface area contributed by atoms with Gasteiger partial charge in [0.2, 0.25) is 0 Å². The third-order valence-corrected chi connectivity index (χ3v) is 5.89. The van der Waals surface area contributed by atoms with Crippen molar-refractivity contribution in [2.75, 3.05) is 0 Å². The molecule has 0 spiro atoms. The number of halogens is 3. The Morgan fingerprint density at radius 3 is 2.53 bits per heavy atom. The molecule has 2 aromatic heterocycles. The normalized spacial score (nSPS) is 12.9. The van der Waals surface area contributed by atoms with Gasteiger partial charge in [0, 0.05) is 35.8 Å². The average Bonchev–Trinajstić information content (AvgIpc) is 3.21. The van der Waals surface area contributed by atoms with Gasteiger partial charge < -0.3 is 5.73 Å². The van der Waals surface area contributed by atoms with Gasteiger partial charge in [0.05, 0.1) is 5.56 Å². The van der Waals surface area contributed by atoms with Crippen molar-refractivity contribution in [3.05, 3.63) is 77.1 Å². The van der Waals surface area contributed by atoms with Gasteiger partial charge in [-0.05, 0) is 48.1 Å². The molecule has 4 nitrogen and oxygen atoms in total. The average molecular weight is 428 g/mol. The summed E-state index contributed by atoms with van der Waals surface area (Å²) >= 11 is 1.53. The lowest BCUT2D eigenvalue weighted by Crippen LogP contribution is -2.23. The van der Waals surface area contributed by atoms with Gasteiger partial charge in [0.1, 0.15) is 10.0 Å². The van der Waals surface area contributed by atoms with Crippen LogP contribution in [0, 0.1) is 0 Å². The van der Waals surface area contributed by atoms with Crippen LogP contribution >= 0.6 is 11.3 Å². The van der Waals surface area contributed by atoms with Crippen LogP contribution in [0.25, 0.3) is 21.3 Å². The molecule has 0 unspecified atom stereocenters. The minimum atomic E-state index is -4.32. The Kier molecular flexibility index (Phi) is 5.78. The fourth-order valence-corrected chi connectivity index (χ4v) is 4.08. The Hall–Kier alpha value is -2.84. The van der Waals surface area contributed by atoms with E-state index in [2.05, 4.69) is 21.2 Å². The molecule has 0 bridgehead atoms. The summed E-state index contributed by atoms with van der Waals surface area (Å²) in [5.74, 6) is 0. The van der Waals surface area contributed by atoms with Crippen LogP contribution in [0.5, 0.6) is 0 Å². The Bertz CT molecular complexity index is 1140. The van der Waals surface area contributed by atoms with Crippen molar-refractivity contribution >= 4 is 22.1 Å². The molecule has 8 heteroatoms. The number of hydrogen-bond acceptors (Lipinski definition) is 5. The number of pyridine rings is 1. The molecule has 0 amide bonds. The number of alkyl halides is 3. The number of nitrogens with two attached hydrogens (primary N) is 1. The van der Waals surface area contributed by atoms with E-state index >= 15 is 0 Å². The Balaban J connectivity index is 1.35. The van der Waals surface area contributed by atoms with Crippen molar-refractivity contribution in [2.45, 2.75) is 31.5 Å². The molecule has 0 aliphatic rings. The second-order valence-corrected chi connectivity index (χ2v) is 8.20. The second kappa shape index (κ2) is 8.49. The van der Waals surface area contributed by atoms with E-state index in [0.717, 1.165) is 44.0 Å². The van der Waals surface area contributed by atoms with E-state index in [1.807, 2.05) is 24.4 Å². The lowest BCUT2D eigenvalue weighted by molar-refractivity contribution is -0.137. The zero-order valence-corrected chi connectivity index (χ0v) is 16.7. The molecule has 4 aromatic rings. The van der Waals surface area contributed by atoms with Crippen molar-refractivity contribution in [1.82, 2.24) is 15.2 Å². The third kappa shape index (κ3) is 4.83. The summed E-state index contributed by atoms with van der Waals surface area (Å²) in [7, 11) is 0. The summed E-state index contributed by atoms with van der Waals surface area (Å²) in [4.78, 5) is 4.12.